The molecule has 0 saturated carbocycles. The van der Waals surface area contributed by atoms with Crippen LogP contribution in [0.3, 0.4) is 0 Å². The number of carbonyl (C=O) groups is 1. The van der Waals surface area contributed by atoms with Crippen molar-refractivity contribution in [2.75, 3.05) is 20.0 Å². The molecule has 2 aromatic rings. The highest BCUT2D eigenvalue weighted by Gasteiger charge is 2.19. The molecule has 21 heavy (non-hydrogen) atoms. The molecule has 0 aromatic heterocycles. The Morgan fingerprint density at radius 2 is 1.76 bits per heavy atom. The number of hydrogen-bond donors (Lipinski definition) is 1. The van der Waals surface area contributed by atoms with Crippen LogP contribution >= 0.6 is 23.2 Å². The van der Waals surface area contributed by atoms with Gasteiger partial charge in [0.05, 0.1) is 30.5 Å². The Bertz CT molecular complexity index is 702. The third-order valence-corrected chi connectivity index (χ3v) is 3.54. The number of ether oxygens (including phenoxy) is 2. The zero-order chi connectivity index (χ0) is 15.6. The summed E-state index contributed by atoms with van der Waals surface area (Å²) in [4.78, 5) is 12.6. The fourth-order valence-electron chi connectivity index (χ4n) is 1.89. The van der Waals surface area contributed by atoms with Gasteiger partial charge < -0.3 is 15.2 Å². The molecule has 0 aliphatic heterocycles. The summed E-state index contributed by atoms with van der Waals surface area (Å²) in [5.74, 6) is 0.503. The van der Waals surface area contributed by atoms with E-state index in [1.54, 1.807) is 24.3 Å². The largest absolute Gasteiger partial charge is 0.497 e. The highest BCUT2D eigenvalue weighted by atomic mass is 35.5. The number of hydrogen-bond acceptors (Lipinski definition) is 4. The number of halogens is 2. The molecule has 0 heterocycles. The normalized spacial score (nSPS) is 10.3. The van der Waals surface area contributed by atoms with E-state index in [0.717, 1.165) is 0 Å². The first kappa shape index (κ1) is 15.5. The second-order valence-corrected chi connectivity index (χ2v) is 5.09. The van der Waals surface area contributed by atoms with Crippen molar-refractivity contribution < 1.29 is 14.3 Å². The summed E-state index contributed by atoms with van der Waals surface area (Å²) in [7, 11) is 2.96. The SMILES string of the molecule is COc1cc(OC)c(N)c(C(=O)c2ccc(Cl)cc2Cl)c1. The van der Waals surface area contributed by atoms with E-state index < -0.39 is 0 Å². The van der Waals surface area contributed by atoms with Crippen molar-refractivity contribution >= 4 is 34.7 Å². The van der Waals surface area contributed by atoms with Gasteiger partial charge in [0.15, 0.2) is 5.78 Å². The summed E-state index contributed by atoms with van der Waals surface area (Å²) in [5, 5.41) is 0.710. The van der Waals surface area contributed by atoms with Gasteiger partial charge >= 0.3 is 0 Å². The lowest BCUT2D eigenvalue weighted by molar-refractivity contribution is 0.103. The number of nitrogen functional groups attached to an aromatic ring is 1. The van der Waals surface area contributed by atoms with E-state index in [0.29, 0.717) is 22.1 Å². The van der Waals surface area contributed by atoms with Crippen LogP contribution < -0.4 is 15.2 Å². The monoisotopic (exact) mass is 325 g/mol. The van der Waals surface area contributed by atoms with Crippen LogP contribution in [0.2, 0.25) is 10.0 Å². The van der Waals surface area contributed by atoms with Crippen LogP contribution in [0, 0.1) is 0 Å². The number of carbonyl (C=O) groups excluding carboxylic acids is 1. The molecule has 0 amide bonds. The maximum Gasteiger partial charge on any atom is 0.196 e. The summed E-state index contributed by atoms with van der Waals surface area (Å²) in [5.41, 5.74) is 6.76. The van der Waals surface area contributed by atoms with Crippen molar-refractivity contribution in [1.82, 2.24) is 0 Å². The average Bonchev–Trinajstić information content (AvgIpc) is 2.47. The predicted octanol–water partition coefficient (Wildman–Crippen LogP) is 3.82. The van der Waals surface area contributed by atoms with Gasteiger partial charge in [-0.2, -0.15) is 0 Å². The molecule has 4 nitrogen and oxygen atoms in total. The van der Waals surface area contributed by atoms with Crippen LogP contribution in [0.15, 0.2) is 30.3 Å². The van der Waals surface area contributed by atoms with Gasteiger partial charge in [-0.25, -0.2) is 0 Å². The lowest BCUT2D eigenvalue weighted by Gasteiger charge is -2.12. The van der Waals surface area contributed by atoms with E-state index >= 15 is 0 Å². The van der Waals surface area contributed by atoms with Gasteiger partial charge in [0, 0.05) is 16.7 Å². The number of ketones is 1. The minimum Gasteiger partial charge on any atom is -0.497 e. The first-order valence-corrected chi connectivity index (χ1v) is 6.74. The quantitative estimate of drug-likeness (QED) is 0.685. The fourth-order valence-corrected chi connectivity index (χ4v) is 2.39. The molecule has 6 heteroatoms. The van der Waals surface area contributed by atoms with Gasteiger partial charge in [0.2, 0.25) is 0 Å². The van der Waals surface area contributed by atoms with Gasteiger partial charge in [-0.3, -0.25) is 4.79 Å². The molecular formula is C15H13Cl2NO3. The zero-order valence-electron chi connectivity index (χ0n) is 11.4. The van der Waals surface area contributed by atoms with Crippen molar-refractivity contribution in [3.63, 3.8) is 0 Å². The van der Waals surface area contributed by atoms with E-state index in [1.807, 2.05) is 0 Å². The van der Waals surface area contributed by atoms with Crippen molar-refractivity contribution in [3.8, 4) is 11.5 Å². The van der Waals surface area contributed by atoms with Crippen molar-refractivity contribution in [2.24, 2.45) is 0 Å². The van der Waals surface area contributed by atoms with Gasteiger partial charge in [0.25, 0.3) is 0 Å². The Hall–Kier alpha value is -1.91. The third-order valence-electron chi connectivity index (χ3n) is 2.99. The van der Waals surface area contributed by atoms with E-state index in [-0.39, 0.29) is 22.1 Å². The van der Waals surface area contributed by atoms with E-state index in [2.05, 4.69) is 0 Å². The maximum absolute atomic E-state index is 12.6. The summed E-state index contributed by atoms with van der Waals surface area (Å²) < 4.78 is 10.3. The molecule has 0 atom stereocenters. The minimum absolute atomic E-state index is 0.231. The number of methoxy groups -OCH3 is 2. The molecule has 0 bridgehead atoms. The Morgan fingerprint density at radius 1 is 1.05 bits per heavy atom. The average molecular weight is 326 g/mol. The first-order chi connectivity index (χ1) is 9.97. The molecule has 0 radical (unpaired) electrons. The molecule has 0 saturated heterocycles. The summed E-state index contributed by atoms with van der Waals surface area (Å²) >= 11 is 11.9. The van der Waals surface area contributed by atoms with Crippen LogP contribution in [-0.2, 0) is 0 Å². The number of benzene rings is 2. The van der Waals surface area contributed by atoms with Gasteiger partial charge in [-0.1, -0.05) is 23.2 Å². The molecule has 110 valence electrons. The Morgan fingerprint density at radius 3 is 2.33 bits per heavy atom. The number of rotatable bonds is 4. The molecule has 2 rings (SSSR count). The van der Waals surface area contributed by atoms with Crippen molar-refractivity contribution in [3.05, 3.63) is 51.5 Å². The summed E-state index contributed by atoms with van der Waals surface area (Å²) in [6.07, 6.45) is 0. The van der Waals surface area contributed by atoms with Crippen molar-refractivity contribution in [1.29, 1.82) is 0 Å². The summed E-state index contributed by atoms with van der Waals surface area (Å²) in [6.45, 7) is 0. The molecule has 2 aromatic carbocycles. The molecule has 0 unspecified atom stereocenters. The smallest absolute Gasteiger partial charge is 0.196 e. The molecular weight excluding hydrogens is 313 g/mol. The molecule has 0 spiro atoms. The first-order valence-electron chi connectivity index (χ1n) is 5.99. The Balaban J connectivity index is 2.57. The Labute approximate surface area is 132 Å². The van der Waals surface area contributed by atoms with Crippen molar-refractivity contribution in [2.45, 2.75) is 0 Å². The second-order valence-electron chi connectivity index (χ2n) is 4.24. The van der Waals surface area contributed by atoms with Crippen LogP contribution in [0.25, 0.3) is 0 Å². The highest BCUT2D eigenvalue weighted by molar-refractivity contribution is 6.37. The number of nitrogens with two attached hydrogens (primary N) is 1. The highest BCUT2D eigenvalue weighted by Crippen LogP contribution is 2.33. The standard InChI is InChI=1S/C15H13Cl2NO3/c1-20-9-6-11(14(18)13(7-9)21-2)15(19)10-4-3-8(16)5-12(10)17/h3-7H,18H2,1-2H3. The van der Waals surface area contributed by atoms with E-state index in [1.165, 1.54) is 20.3 Å². The molecule has 0 aliphatic carbocycles. The molecule has 0 aliphatic rings. The second kappa shape index (κ2) is 6.24. The topological polar surface area (TPSA) is 61.6 Å². The molecule has 2 N–H and O–H groups in total. The summed E-state index contributed by atoms with van der Waals surface area (Å²) in [6, 6.07) is 7.80. The molecule has 0 fully saturated rings. The number of anilines is 1. The minimum atomic E-state index is -0.327. The lowest BCUT2D eigenvalue weighted by atomic mass is 10.0. The predicted molar refractivity (Wildman–Crippen MR) is 83.9 cm³/mol. The van der Waals surface area contributed by atoms with E-state index in [4.69, 9.17) is 38.4 Å². The fraction of sp³-hybridized carbons (Fsp3) is 0.133. The van der Waals surface area contributed by atoms with Crippen LogP contribution in [0.4, 0.5) is 5.69 Å². The van der Waals surface area contributed by atoms with Gasteiger partial charge in [0.1, 0.15) is 11.5 Å². The lowest BCUT2D eigenvalue weighted by Crippen LogP contribution is -2.08. The van der Waals surface area contributed by atoms with Crippen LogP contribution in [-0.4, -0.2) is 20.0 Å². The van der Waals surface area contributed by atoms with Crippen LogP contribution in [0.1, 0.15) is 15.9 Å². The van der Waals surface area contributed by atoms with E-state index in [9.17, 15) is 4.79 Å². The van der Waals surface area contributed by atoms with Gasteiger partial charge in [-0.15, -0.1) is 0 Å². The van der Waals surface area contributed by atoms with Crippen LogP contribution in [0.5, 0.6) is 11.5 Å². The Kier molecular flexibility index (Phi) is 4.60. The zero-order valence-corrected chi connectivity index (χ0v) is 13.0. The maximum atomic E-state index is 12.6. The third kappa shape index (κ3) is 3.06. The van der Waals surface area contributed by atoms with Gasteiger partial charge in [-0.05, 0) is 24.3 Å².